The van der Waals surface area contributed by atoms with Crippen LogP contribution in [0.15, 0.2) is 66.9 Å². The number of nitrogens with zero attached hydrogens (tertiary/aromatic N) is 1. The zero-order chi connectivity index (χ0) is 27.7. The molecular formula is C27H22ClF2N3O5S. The van der Waals surface area contributed by atoms with Crippen LogP contribution in [-0.2, 0) is 23.2 Å². The van der Waals surface area contributed by atoms with E-state index in [1.807, 2.05) is 4.57 Å². The lowest BCUT2D eigenvalue weighted by Gasteiger charge is -2.14. The van der Waals surface area contributed by atoms with Crippen LogP contribution in [0.2, 0.25) is 5.02 Å². The molecule has 3 aromatic carbocycles. The van der Waals surface area contributed by atoms with E-state index >= 15 is 0 Å². The van der Waals surface area contributed by atoms with Gasteiger partial charge in [-0.1, -0.05) is 17.7 Å². The molecule has 0 fully saturated rings. The Morgan fingerprint density at radius 2 is 1.82 bits per heavy atom. The lowest BCUT2D eigenvalue weighted by atomic mass is 10.1. The van der Waals surface area contributed by atoms with Gasteiger partial charge < -0.3 is 19.4 Å². The third kappa shape index (κ3) is 6.32. The number of benzene rings is 3. The Kier molecular flexibility index (Phi) is 7.19. The van der Waals surface area contributed by atoms with Gasteiger partial charge in [-0.3, -0.25) is 9.52 Å². The lowest BCUT2D eigenvalue weighted by molar-refractivity contribution is 0.102. The summed E-state index contributed by atoms with van der Waals surface area (Å²) in [7, 11) is -3.54. The van der Waals surface area contributed by atoms with Gasteiger partial charge in [0.2, 0.25) is 10.0 Å². The van der Waals surface area contributed by atoms with Gasteiger partial charge in [0.25, 0.3) is 5.91 Å². The van der Waals surface area contributed by atoms with Crippen molar-refractivity contribution in [2.45, 2.75) is 13.2 Å². The van der Waals surface area contributed by atoms with Crippen LogP contribution < -0.4 is 19.5 Å². The number of hydrogen-bond acceptors (Lipinski definition) is 5. The number of sulfonamides is 1. The highest BCUT2D eigenvalue weighted by Gasteiger charge is 2.23. The minimum absolute atomic E-state index is 0.0855. The van der Waals surface area contributed by atoms with Crippen LogP contribution in [0.4, 0.5) is 20.2 Å². The first-order chi connectivity index (χ1) is 18.5. The van der Waals surface area contributed by atoms with Gasteiger partial charge in [-0.05, 0) is 54.1 Å². The molecule has 8 nitrogen and oxygen atoms in total. The molecule has 2 heterocycles. The fourth-order valence-corrected chi connectivity index (χ4v) is 5.06. The van der Waals surface area contributed by atoms with Crippen LogP contribution in [0.3, 0.4) is 0 Å². The smallest absolute Gasteiger partial charge is 0.257 e. The number of carbonyl (C=O) groups excluding carboxylic acids is 1. The van der Waals surface area contributed by atoms with Crippen LogP contribution in [0.1, 0.15) is 15.9 Å². The Hall–Kier alpha value is -4.09. The zero-order valence-corrected chi connectivity index (χ0v) is 22.1. The molecule has 0 radical (unpaired) electrons. The van der Waals surface area contributed by atoms with Gasteiger partial charge >= 0.3 is 0 Å². The molecule has 0 saturated heterocycles. The van der Waals surface area contributed by atoms with E-state index < -0.39 is 27.6 Å². The van der Waals surface area contributed by atoms with Gasteiger partial charge in [0.15, 0.2) is 0 Å². The quantitative estimate of drug-likeness (QED) is 0.296. The van der Waals surface area contributed by atoms with Gasteiger partial charge in [-0.25, -0.2) is 17.2 Å². The van der Waals surface area contributed by atoms with Crippen LogP contribution in [0.5, 0.6) is 11.5 Å². The van der Waals surface area contributed by atoms with Crippen LogP contribution in [0, 0.1) is 11.6 Å². The third-order valence-electron chi connectivity index (χ3n) is 5.77. The van der Waals surface area contributed by atoms with Gasteiger partial charge in [0.05, 0.1) is 35.3 Å². The second-order valence-electron chi connectivity index (χ2n) is 8.91. The zero-order valence-electron chi connectivity index (χ0n) is 20.5. The summed E-state index contributed by atoms with van der Waals surface area (Å²) in [4.78, 5) is 13.2. The van der Waals surface area contributed by atoms with E-state index in [4.69, 9.17) is 21.1 Å². The number of rotatable bonds is 7. The summed E-state index contributed by atoms with van der Waals surface area (Å²) in [5.41, 5.74) is 2.40. The molecule has 0 atom stereocenters. The molecule has 0 bridgehead atoms. The molecule has 202 valence electrons. The predicted molar refractivity (Wildman–Crippen MR) is 144 cm³/mol. The monoisotopic (exact) mass is 573 g/mol. The maximum atomic E-state index is 13.6. The van der Waals surface area contributed by atoms with Crippen LogP contribution in [0.25, 0.3) is 11.3 Å². The molecule has 1 amide bonds. The van der Waals surface area contributed by atoms with Gasteiger partial charge in [-0.15, -0.1) is 0 Å². The van der Waals surface area contributed by atoms with E-state index in [1.54, 1.807) is 30.5 Å². The largest absolute Gasteiger partial charge is 0.491 e. The van der Waals surface area contributed by atoms with E-state index in [0.717, 1.165) is 12.3 Å². The summed E-state index contributed by atoms with van der Waals surface area (Å²) >= 11 is 6.11. The van der Waals surface area contributed by atoms with Crippen molar-refractivity contribution >= 4 is 38.9 Å². The Bertz CT molecular complexity index is 1670. The van der Waals surface area contributed by atoms with Crippen molar-refractivity contribution < 1.29 is 31.5 Å². The van der Waals surface area contributed by atoms with E-state index in [2.05, 4.69) is 10.0 Å². The Morgan fingerprint density at radius 3 is 2.56 bits per heavy atom. The molecule has 1 aliphatic rings. The fraction of sp³-hybridized carbons (Fsp3) is 0.148. The number of halogens is 3. The molecule has 0 aliphatic carbocycles. The Labute approximate surface area is 228 Å². The molecule has 1 aromatic heterocycles. The minimum atomic E-state index is -3.54. The summed E-state index contributed by atoms with van der Waals surface area (Å²) in [6, 6.07) is 14.5. The minimum Gasteiger partial charge on any atom is -0.491 e. The maximum absolute atomic E-state index is 13.6. The predicted octanol–water partition coefficient (Wildman–Crippen LogP) is 5.68. The number of amides is 1. The van der Waals surface area contributed by atoms with Gasteiger partial charge in [0, 0.05) is 23.0 Å². The first kappa shape index (κ1) is 26.5. The number of ether oxygens (including phenoxy) is 2. The average Bonchev–Trinajstić information content (AvgIpc) is 3.16. The topological polar surface area (TPSA) is 98.7 Å². The number of nitrogens with one attached hydrogen (secondary N) is 2. The van der Waals surface area contributed by atoms with E-state index in [-0.39, 0.29) is 17.3 Å². The highest BCUT2D eigenvalue weighted by Crippen LogP contribution is 2.41. The summed E-state index contributed by atoms with van der Waals surface area (Å²) < 4.78 is 66.5. The lowest BCUT2D eigenvalue weighted by Crippen LogP contribution is -2.13. The highest BCUT2D eigenvalue weighted by molar-refractivity contribution is 7.92. The standard InChI is InChI=1S/C27H22ClF2N3O5S/c1-39(35,36)32-22-11-18(28)10-21(13-22)31-27(34)17-9-23-26-24(37-6-5-33(23)14-17)3-2-4-25(26)38-15-16-7-19(29)12-20(30)8-16/h2-4,7-14,32H,5-6,15H2,1H3,(H,31,34). The first-order valence-corrected chi connectivity index (χ1v) is 13.9. The number of anilines is 2. The molecule has 0 unspecified atom stereocenters. The average molecular weight is 574 g/mol. The summed E-state index contributed by atoms with van der Waals surface area (Å²) in [5, 5.41) is 2.97. The Morgan fingerprint density at radius 1 is 1.08 bits per heavy atom. The molecule has 5 rings (SSSR count). The normalized spacial score (nSPS) is 12.5. The van der Waals surface area contributed by atoms with Crippen molar-refractivity contribution in [2.24, 2.45) is 0 Å². The molecule has 2 N–H and O–H groups in total. The van der Waals surface area contributed by atoms with Crippen molar-refractivity contribution in [2.75, 3.05) is 22.9 Å². The van der Waals surface area contributed by atoms with Crippen molar-refractivity contribution in [3.63, 3.8) is 0 Å². The number of fused-ring (bicyclic) bond motifs is 3. The molecule has 1 aliphatic heterocycles. The van der Waals surface area contributed by atoms with Crippen molar-refractivity contribution in [1.29, 1.82) is 0 Å². The molecule has 0 spiro atoms. The molecule has 4 aromatic rings. The van der Waals surface area contributed by atoms with Crippen molar-refractivity contribution in [3.05, 3.63) is 94.6 Å². The molecule has 0 saturated carbocycles. The molecule has 12 heteroatoms. The van der Waals surface area contributed by atoms with E-state index in [9.17, 15) is 22.0 Å². The molecular weight excluding hydrogens is 552 g/mol. The van der Waals surface area contributed by atoms with Crippen molar-refractivity contribution in [1.82, 2.24) is 4.57 Å². The van der Waals surface area contributed by atoms with Crippen LogP contribution >= 0.6 is 11.6 Å². The summed E-state index contributed by atoms with van der Waals surface area (Å²) in [5.74, 6) is -0.899. The summed E-state index contributed by atoms with van der Waals surface area (Å²) in [6.07, 6.45) is 2.68. The third-order valence-corrected chi connectivity index (χ3v) is 6.59. The SMILES string of the molecule is CS(=O)(=O)Nc1cc(Cl)cc(NC(=O)c2cc3n(c2)CCOc2cccc(OCc4cc(F)cc(F)c4)c2-3)c1. The second-order valence-corrected chi connectivity index (χ2v) is 11.1. The number of hydrogen-bond donors (Lipinski definition) is 2. The van der Waals surface area contributed by atoms with Crippen LogP contribution in [-0.4, -0.2) is 31.8 Å². The fourth-order valence-electron chi connectivity index (χ4n) is 4.28. The first-order valence-electron chi connectivity index (χ1n) is 11.7. The van der Waals surface area contributed by atoms with Crippen molar-refractivity contribution in [3.8, 4) is 22.8 Å². The van der Waals surface area contributed by atoms with Gasteiger partial charge in [0.1, 0.15) is 36.3 Å². The summed E-state index contributed by atoms with van der Waals surface area (Å²) in [6.45, 7) is 0.701. The number of carbonyl (C=O) groups is 1. The maximum Gasteiger partial charge on any atom is 0.257 e. The van der Waals surface area contributed by atoms with Gasteiger partial charge in [-0.2, -0.15) is 0 Å². The van der Waals surface area contributed by atoms with E-state index in [1.165, 1.54) is 30.3 Å². The molecule has 39 heavy (non-hydrogen) atoms. The second kappa shape index (κ2) is 10.6. The highest BCUT2D eigenvalue weighted by atomic mass is 35.5. The number of aromatic nitrogens is 1. The van der Waals surface area contributed by atoms with E-state index in [0.29, 0.717) is 52.7 Å². The Balaban J connectivity index is 1.43.